The van der Waals surface area contributed by atoms with Crippen LogP contribution >= 0.6 is 0 Å². The van der Waals surface area contributed by atoms with Gasteiger partial charge in [-0.25, -0.2) is 0 Å². The number of hydrogen-bond acceptors (Lipinski definition) is 3. The molecule has 0 bridgehead atoms. The Morgan fingerprint density at radius 2 is 1.77 bits per heavy atom. The summed E-state index contributed by atoms with van der Waals surface area (Å²) >= 11 is 0. The highest BCUT2D eigenvalue weighted by molar-refractivity contribution is 5.95. The molecule has 6 heteroatoms. The van der Waals surface area contributed by atoms with E-state index in [2.05, 4.69) is 10.6 Å². The maximum absolute atomic E-state index is 13.2. The van der Waals surface area contributed by atoms with Crippen LogP contribution in [0.5, 0.6) is 0 Å². The van der Waals surface area contributed by atoms with Crippen molar-refractivity contribution in [2.45, 2.75) is 45.1 Å². The number of hydrogen-bond donors (Lipinski definition) is 2. The molecule has 1 fully saturated rings. The van der Waals surface area contributed by atoms with Crippen LogP contribution in [0.4, 0.5) is 5.69 Å². The predicted octanol–water partition coefficient (Wildman–Crippen LogP) is 3.23. The molecule has 158 valence electrons. The summed E-state index contributed by atoms with van der Waals surface area (Å²) in [4.78, 5) is 39.4. The summed E-state index contributed by atoms with van der Waals surface area (Å²) in [5, 5.41) is 5.40. The molecular formula is C24H29N3O3. The summed E-state index contributed by atoms with van der Waals surface area (Å²) in [6.07, 6.45) is 2.50. The second-order valence-electron chi connectivity index (χ2n) is 7.76. The SMILES string of the molecule is CC[C@@H](C(=O)N(CC(=O)NCC(=O)Nc1cccc(C)c1)C1CC1)c1ccccc1. The number of nitrogens with one attached hydrogen (secondary N) is 2. The Morgan fingerprint density at radius 1 is 1.03 bits per heavy atom. The Labute approximate surface area is 177 Å². The minimum Gasteiger partial charge on any atom is -0.345 e. The normalized spacial score (nSPS) is 13.9. The van der Waals surface area contributed by atoms with Gasteiger partial charge in [0.2, 0.25) is 17.7 Å². The highest BCUT2D eigenvalue weighted by Crippen LogP contribution is 2.31. The molecule has 2 N–H and O–H groups in total. The van der Waals surface area contributed by atoms with Gasteiger partial charge in [-0.2, -0.15) is 0 Å². The van der Waals surface area contributed by atoms with Gasteiger partial charge in [-0.05, 0) is 49.4 Å². The van der Waals surface area contributed by atoms with Crippen LogP contribution in [0.15, 0.2) is 54.6 Å². The number of rotatable bonds is 9. The Bertz CT molecular complexity index is 894. The molecule has 0 unspecified atom stereocenters. The summed E-state index contributed by atoms with van der Waals surface area (Å²) in [7, 11) is 0. The largest absolute Gasteiger partial charge is 0.345 e. The first-order chi connectivity index (χ1) is 14.5. The van der Waals surface area contributed by atoms with Crippen molar-refractivity contribution in [1.82, 2.24) is 10.2 Å². The quantitative estimate of drug-likeness (QED) is 0.670. The zero-order valence-corrected chi connectivity index (χ0v) is 17.6. The summed E-state index contributed by atoms with van der Waals surface area (Å²) in [6.45, 7) is 3.77. The van der Waals surface area contributed by atoms with Crippen molar-refractivity contribution in [1.29, 1.82) is 0 Å². The predicted molar refractivity (Wildman–Crippen MR) is 117 cm³/mol. The molecule has 1 aliphatic rings. The first kappa shape index (κ1) is 21.6. The number of nitrogens with zero attached hydrogens (tertiary/aromatic N) is 1. The van der Waals surface area contributed by atoms with Crippen molar-refractivity contribution in [2.75, 3.05) is 18.4 Å². The molecule has 0 aliphatic heterocycles. The van der Waals surface area contributed by atoms with Crippen LogP contribution in [0.1, 0.15) is 43.2 Å². The minimum atomic E-state index is -0.322. The summed E-state index contributed by atoms with van der Waals surface area (Å²) < 4.78 is 0. The molecular weight excluding hydrogens is 378 g/mol. The zero-order valence-electron chi connectivity index (χ0n) is 17.6. The Balaban J connectivity index is 1.55. The van der Waals surface area contributed by atoms with E-state index in [9.17, 15) is 14.4 Å². The zero-order chi connectivity index (χ0) is 21.5. The van der Waals surface area contributed by atoms with Crippen LogP contribution in [0, 0.1) is 6.92 Å². The van der Waals surface area contributed by atoms with E-state index < -0.39 is 0 Å². The topological polar surface area (TPSA) is 78.5 Å². The number of amides is 3. The van der Waals surface area contributed by atoms with Crippen molar-refractivity contribution < 1.29 is 14.4 Å². The van der Waals surface area contributed by atoms with E-state index in [0.29, 0.717) is 12.1 Å². The average molecular weight is 408 g/mol. The Morgan fingerprint density at radius 3 is 2.40 bits per heavy atom. The average Bonchev–Trinajstić information content (AvgIpc) is 3.57. The smallest absolute Gasteiger partial charge is 0.243 e. The number of aryl methyl sites for hydroxylation is 1. The molecule has 1 saturated carbocycles. The van der Waals surface area contributed by atoms with E-state index in [4.69, 9.17) is 0 Å². The van der Waals surface area contributed by atoms with Crippen molar-refractivity contribution in [3.05, 3.63) is 65.7 Å². The van der Waals surface area contributed by atoms with Gasteiger partial charge < -0.3 is 15.5 Å². The maximum Gasteiger partial charge on any atom is 0.243 e. The highest BCUT2D eigenvalue weighted by Gasteiger charge is 2.36. The maximum atomic E-state index is 13.2. The number of benzene rings is 2. The van der Waals surface area contributed by atoms with Gasteiger partial charge in [0.05, 0.1) is 19.0 Å². The fourth-order valence-electron chi connectivity index (χ4n) is 3.53. The third kappa shape index (κ3) is 5.92. The fraction of sp³-hybridized carbons (Fsp3) is 0.375. The fourth-order valence-corrected chi connectivity index (χ4v) is 3.53. The van der Waals surface area contributed by atoms with E-state index in [-0.39, 0.29) is 42.8 Å². The first-order valence-corrected chi connectivity index (χ1v) is 10.5. The van der Waals surface area contributed by atoms with Gasteiger partial charge in [0.25, 0.3) is 0 Å². The van der Waals surface area contributed by atoms with Crippen LogP contribution in [-0.2, 0) is 14.4 Å². The standard InChI is InChI=1S/C24H29N3O3/c1-3-21(18-9-5-4-6-10-18)24(30)27(20-12-13-20)16-23(29)25-15-22(28)26-19-11-7-8-17(2)14-19/h4-11,14,20-21H,3,12-13,15-16H2,1-2H3,(H,25,29)(H,26,28)/t21-/m1/s1. The third-order valence-corrected chi connectivity index (χ3v) is 5.24. The molecule has 30 heavy (non-hydrogen) atoms. The lowest BCUT2D eigenvalue weighted by molar-refractivity contribution is -0.138. The lowest BCUT2D eigenvalue weighted by atomic mass is 9.95. The molecule has 3 amide bonds. The van der Waals surface area contributed by atoms with E-state index in [1.807, 2.05) is 62.4 Å². The van der Waals surface area contributed by atoms with Crippen molar-refractivity contribution in [3.8, 4) is 0 Å². The van der Waals surface area contributed by atoms with Crippen molar-refractivity contribution >= 4 is 23.4 Å². The van der Waals surface area contributed by atoms with Crippen LogP contribution in [-0.4, -0.2) is 41.8 Å². The molecule has 0 saturated heterocycles. The van der Waals surface area contributed by atoms with E-state index in [0.717, 1.165) is 24.0 Å². The molecule has 0 aromatic heterocycles. The Kier molecular flexibility index (Phi) is 7.22. The second-order valence-corrected chi connectivity index (χ2v) is 7.76. The van der Waals surface area contributed by atoms with E-state index in [1.165, 1.54) is 0 Å². The molecule has 0 spiro atoms. The lowest BCUT2D eigenvalue weighted by Gasteiger charge is -2.26. The van der Waals surface area contributed by atoms with Gasteiger partial charge in [0.15, 0.2) is 0 Å². The summed E-state index contributed by atoms with van der Waals surface area (Å²) in [5.41, 5.74) is 2.70. The molecule has 0 radical (unpaired) electrons. The van der Waals surface area contributed by atoms with Gasteiger partial charge in [0.1, 0.15) is 0 Å². The number of carbonyl (C=O) groups excluding carboxylic acids is 3. The van der Waals surface area contributed by atoms with Crippen LogP contribution in [0.2, 0.25) is 0 Å². The first-order valence-electron chi connectivity index (χ1n) is 10.5. The second kappa shape index (κ2) is 10.1. The molecule has 1 atom stereocenters. The van der Waals surface area contributed by atoms with Gasteiger partial charge in [0, 0.05) is 11.7 Å². The molecule has 1 aliphatic carbocycles. The molecule has 3 rings (SSSR count). The number of carbonyl (C=O) groups is 3. The van der Waals surface area contributed by atoms with Crippen LogP contribution in [0.25, 0.3) is 0 Å². The van der Waals surface area contributed by atoms with E-state index >= 15 is 0 Å². The van der Waals surface area contributed by atoms with Crippen LogP contribution in [0.3, 0.4) is 0 Å². The van der Waals surface area contributed by atoms with Crippen molar-refractivity contribution in [3.63, 3.8) is 0 Å². The molecule has 2 aromatic carbocycles. The monoisotopic (exact) mass is 407 g/mol. The van der Waals surface area contributed by atoms with Crippen LogP contribution < -0.4 is 10.6 Å². The van der Waals surface area contributed by atoms with Gasteiger partial charge >= 0.3 is 0 Å². The van der Waals surface area contributed by atoms with Gasteiger partial charge in [-0.1, -0.05) is 49.4 Å². The third-order valence-electron chi connectivity index (χ3n) is 5.24. The summed E-state index contributed by atoms with van der Waals surface area (Å²) in [6, 6.07) is 17.3. The molecule has 0 heterocycles. The summed E-state index contributed by atoms with van der Waals surface area (Å²) in [5.74, 6) is -0.902. The minimum absolute atomic E-state index is 0.0226. The number of anilines is 1. The van der Waals surface area contributed by atoms with Gasteiger partial charge in [-0.3, -0.25) is 14.4 Å². The Hall–Kier alpha value is -3.15. The lowest BCUT2D eigenvalue weighted by Crippen LogP contribution is -2.45. The van der Waals surface area contributed by atoms with Gasteiger partial charge in [-0.15, -0.1) is 0 Å². The molecule has 6 nitrogen and oxygen atoms in total. The van der Waals surface area contributed by atoms with E-state index in [1.54, 1.807) is 11.0 Å². The van der Waals surface area contributed by atoms with Crippen molar-refractivity contribution in [2.24, 2.45) is 0 Å². The molecule has 2 aromatic rings. The highest BCUT2D eigenvalue weighted by atomic mass is 16.2.